The van der Waals surface area contributed by atoms with Crippen molar-refractivity contribution in [2.75, 3.05) is 20.2 Å². The molecule has 0 N–H and O–H groups in total. The molecule has 2 aromatic heterocycles. The third-order valence-electron chi connectivity index (χ3n) is 5.02. The molecule has 0 aliphatic rings. The van der Waals surface area contributed by atoms with Gasteiger partial charge in [0.1, 0.15) is 17.3 Å². The molecule has 0 saturated carbocycles. The highest BCUT2D eigenvalue weighted by Gasteiger charge is 2.35. The number of halogens is 3. The quantitative estimate of drug-likeness (QED) is 0.510. The molecule has 3 rings (SSSR count). The van der Waals surface area contributed by atoms with E-state index in [-0.39, 0.29) is 35.2 Å². The first-order chi connectivity index (χ1) is 15.2. The van der Waals surface area contributed by atoms with Gasteiger partial charge in [-0.2, -0.15) is 18.4 Å². The second-order valence-corrected chi connectivity index (χ2v) is 7.27. The lowest BCUT2D eigenvalue weighted by atomic mass is 10.1. The van der Waals surface area contributed by atoms with Gasteiger partial charge in [-0.05, 0) is 30.7 Å². The van der Waals surface area contributed by atoms with Crippen LogP contribution in [0.25, 0.3) is 22.3 Å². The number of carbonyl (C=O) groups is 1. The molecule has 0 bridgehead atoms. The van der Waals surface area contributed by atoms with Gasteiger partial charge in [0.2, 0.25) is 5.91 Å². The summed E-state index contributed by atoms with van der Waals surface area (Å²) in [6.45, 7) is 2.16. The molecule has 168 valence electrons. The van der Waals surface area contributed by atoms with Crippen molar-refractivity contribution in [1.82, 2.24) is 19.4 Å². The van der Waals surface area contributed by atoms with Crippen molar-refractivity contribution in [1.29, 1.82) is 5.26 Å². The monoisotopic (exact) mass is 445 g/mol. The van der Waals surface area contributed by atoms with Crippen LogP contribution in [0.5, 0.6) is 5.75 Å². The van der Waals surface area contributed by atoms with Crippen molar-refractivity contribution in [2.24, 2.45) is 7.05 Å². The van der Waals surface area contributed by atoms with E-state index >= 15 is 0 Å². The van der Waals surface area contributed by atoms with E-state index in [1.165, 1.54) is 23.4 Å². The highest BCUT2D eigenvalue weighted by Crippen LogP contribution is 2.39. The van der Waals surface area contributed by atoms with Gasteiger partial charge in [-0.15, -0.1) is 0 Å². The van der Waals surface area contributed by atoms with Gasteiger partial charge in [-0.3, -0.25) is 4.79 Å². The number of benzene rings is 1. The Morgan fingerprint density at radius 3 is 2.72 bits per heavy atom. The fourth-order valence-corrected chi connectivity index (χ4v) is 3.27. The van der Waals surface area contributed by atoms with Crippen LogP contribution >= 0.6 is 0 Å². The molecule has 0 saturated heterocycles. The second kappa shape index (κ2) is 9.26. The highest BCUT2D eigenvalue weighted by atomic mass is 19.4. The lowest BCUT2D eigenvalue weighted by Gasteiger charge is -2.18. The minimum absolute atomic E-state index is 0.0293. The van der Waals surface area contributed by atoms with E-state index in [2.05, 4.69) is 9.97 Å². The molecule has 0 atom stereocenters. The largest absolute Gasteiger partial charge is 0.493 e. The average Bonchev–Trinajstić information content (AvgIpc) is 3.15. The summed E-state index contributed by atoms with van der Waals surface area (Å²) in [5.74, 6) is -0.340. The highest BCUT2D eigenvalue weighted by molar-refractivity contribution is 5.84. The van der Waals surface area contributed by atoms with Crippen LogP contribution in [-0.2, 0) is 18.0 Å². The van der Waals surface area contributed by atoms with Crippen LogP contribution in [0.3, 0.4) is 0 Å². The summed E-state index contributed by atoms with van der Waals surface area (Å²) in [5, 5.41) is 9.37. The minimum Gasteiger partial charge on any atom is -0.493 e. The smallest absolute Gasteiger partial charge is 0.419 e. The van der Waals surface area contributed by atoms with Gasteiger partial charge >= 0.3 is 6.18 Å². The normalized spacial score (nSPS) is 11.4. The van der Waals surface area contributed by atoms with Gasteiger partial charge in [0.05, 0.1) is 29.7 Å². The molecule has 0 spiro atoms. The number of hydrogen-bond acceptors (Lipinski definition) is 5. The number of fused-ring (bicyclic) bond motifs is 1. The number of aryl methyl sites for hydroxylation is 1. The van der Waals surface area contributed by atoms with E-state index in [1.54, 1.807) is 31.7 Å². The lowest BCUT2D eigenvalue weighted by molar-refractivity contribution is -0.138. The predicted octanol–water partition coefficient (Wildman–Crippen LogP) is 4.16. The predicted molar refractivity (Wildman–Crippen MR) is 112 cm³/mol. The second-order valence-electron chi connectivity index (χ2n) is 7.27. The molecule has 0 radical (unpaired) electrons. The van der Waals surface area contributed by atoms with Gasteiger partial charge in [0, 0.05) is 32.6 Å². The van der Waals surface area contributed by atoms with Crippen molar-refractivity contribution in [3.63, 3.8) is 0 Å². The summed E-state index contributed by atoms with van der Waals surface area (Å²) in [6.07, 6.45) is -2.37. The van der Waals surface area contributed by atoms with Crippen molar-refractivity contribution < 1.29 is 22.7 Å². The molecule has 0 aliphatic carbocycles. The molecule has 0 aliphatic heterocycles. The zero-order valence-corrected chi connectivity index (χ0v) is 17.9. The summed E-state index contributed by atoms with van der Waals surface area (Å²) in [7, 11) is 3.37. The van der Waals surface area contributed by atoms with Crippen LogP contribution in [0.1, 0.15) is 31.0 Å². The SMILES string of the molecule is CCC(=O)N(C)CCCOc1ccc(-c2cc3c(ncn3C)c(C#N)n2)cc1C(F)(F)F. The number of nitrogens with zero attached hydrogens (tertiary/aromatic N) is 5. The van der Waals surface area contributed by atoms with E-state index in [0.717, 1.165) is 6.07 Å². The summed E-state index contributed by atoms with van der Waals surface area (Å²) < 4.78 is 48.2. The van der Waals surface area contributed by atoms with E-state index < -0.39 is 11.7 Å². The molecule has 1 aromatic carbocycles. The number of ether oxygens (including phenoxy) is 1. The first kappa shape index (κ1) is 23.1. The maximum atomic E-state index is 13.7. The van der Waals surface area contributed by atoms with Gasteiger partial charge in [-0.25, -0.2) is 9.97 Å². The number of hydrogen-bond donors (Lipinski definition) is 0. The number of imidazole rings is 1. The molecule has 1 amide bonds. The number of pyridine rings is 1. The fourth-order valence-electron chi connectivity index (χ4n) is 3.27. The van der Waals surface area contributed by atoms with Crippen LogP contribution in [-0.4, -0.2) is 45.5 Å². The number of carbonyl (C=O) groups excluding carboxylic acids is 1. The van der Waals surface area contributed by atoms with E-state index in [4.69, 9.17) is 4.74 Å². The maximum Gasteiger partial charge on any atom is 0.419 e. The van der Waals surface area contributed by atoms with E-state index in [0.29, 0.717) is 30.4 Å². The Bertz CT molecular complexity index is 1180. The summed E-state index contributed by atoms with van der Waals surface area (Å²) >= 11 is 0. The van der Waals surface area contributed by atoms with E-state index in [9.17, 15) is 23.2 Å². The zero-order valence-electron chi connectivity index (χ0n) is 17.9. The Kier molecular flexibility index (Phi) is 6.67. The number of nitriles is 1. The Hall–Kier alpha value is -3.61. The minimum atomic E-state index is -4.64. The van der Waals surface area contributed by atoms with Crippen LogP contribution in [0, 0.1) is 11.3 Å². The molecular weight excluding hydrogens is 423 g/mol. The zero-order chi connectivity index (χ0) is 23.5. The summed E-state index contributed by atoms with van der Waals surface area (Å²) in [6, 6.07) is 7.23. The van der Waals surface area contributed by atoms with Crippen molar-refractivity contribution in [3.05, 3.63) is 41.9 Å². The topological polar surface area (TPSA) is 84.0 Å². The standard InChI is InChI=1S/C22H22F3N5O2/c1-4-20(31)29(2)8-5-9-32-19-7-6-14(10-15(19)22(23,24)25)16-11-18-21(17(12-26)28-16)27-13-30(18)3/h6-7,10-11,13H,4-5,8-9H2,1-3H3. The number of aromatic nitrogens is 3. The fraction of sp³-hybridized carbons (Fsp3) is 0.364. The van der Waals surface area contributed by atoms with Crippen LogP contribution in [0.4, 0.5) is 13.2 Å². The summed E-state index contributed by atoms with van der Waals surface area (Å²) in [5.41, 5.74) is 0.524. The van der Waals surface area contributed by atoms with Crippen LogP contribution in [0.15, 0.2) is 30.6 Å². The van der Waals surface area contributed by atoms with Crippen molar-refractivity contribution >= 4 is 16.9 Å². The third-order valence-corrected chi connectivity index (χ3v) is 5.02. The summed E-state index contributed by atoms with van der Waals surface area (Å²) in [4.78, 5) is 21.4. The Morgan fingerprint density at radius 2 is 2.06 bits per heavy atom. The van der Waals surface area contributed by atoms with Crippen molar-refractivity contribution in [2.45, 2.75) is 25.9 Å². The molecule has 32 heavy (non-hydrogen) atoms. The molecule has 0 unspecified atom stereocenters. The number of alkyl halides is 3. The third kappa shape index (κ3) is 4.82. The maximum absolute atomic E-state index is 13.7. The molecule has 7 nitrogen and oxygen atoms in total. The molecule has 3 aromatic rings. The Morgan fingerprint density at radius 1 is 1.31 bits per heavy atom. The van der Waals surface area contributed by atoms with E-state index in [1.807, 2.05) is 6.07 Å². The van der Waals surface area contributed by atoms with Crippen LogP contribution < -0.4 is 4.74 Å². The Balaban J connectivity index is 1.88. The van der Waals surface area contributed by atoms with Gasteiger partial charge < -0.3 is 14.2 Å². The van der Waals surface area contributed by atoms with Gasteiger partial charge in [-0.1, -0.05) is 6.92 Å². The first-order valence-corrected chi connectivity index (χ1v) is 9.96. The number of rotatable bonds is 7. The molecule has 10 heteroatoms. The first-order valence-electron chi connectivity index (χ1n) is 9.96. The lowest BCUT2D eigenvalue weighted by Crippen LogP contribution is -2.27. The molecule has 0 fully saturated rings. The van der Waals surface area contributed by atoms with Gasteiger partial charge in [0.25, 0.3) is 0 Å². The molecular formula is C22H22F3N5O2. The van der Waals surface area contributed by atoms with Crippen LogP contribution in [0.2, 0.25) is 0 Å². The molecule has 2 heterocycles. The van der Waals surface area contributed by atoms with Gasteiger partial charge in [0.15, 0.2) is 5.69 Å². The number of amides is 1. The average molecular weight is 445 g/mol. The van der Waals surface area contributed by atoms with Crippen molar-refractivity contribution in [3.8, 4) is 23.1 Å². The Labute approximate surface area is 183 Å².